The summed E-state index contributed by atoms with van der Waals surface area (Å²) in [6.07, 6.45) is 1.16. The quantitative estimate of drug-likeness (QED) is 0.665. The van der Waals surface area contributed by atoms with Gasteiger partial charge in [0, 0.05) is 6.54 Å². The van der Waals surface area contributed by atoms with Gasteiger partial charge >= 0.3 is 5.97 Å². The number of esters is 1. The van der Waals surface area contributed by atoms with Crippen LogP contribution in [-0.4, -0.2) is 19.0 Å². The van der Waals surface area contributed by atoms with Crippen LogP contribution in [0.4, 0.5) is 0 Å². The van der Waals surface area contributed by atoms with Crippen LogP contribution in [0.3, 0.4) is 0 Å². The maximum atomic E-state index is 12.1. The van der Waals surface area contributed by atoms with E-state index in [4.69, 9.17) is 4.74 Å². The summed E-state index contributed by atoms with van der Waals surface area (Å²) in [7, 11) is 1.32. The summed E-state index contributed by atoms with van der Waals surface area (Å²) in [5.74, 6) is -0.647. The molecular formula is C15H19NO3. The number of carbonyl (C=O) groups is 2. The standard InChI is InChI=1S/C15H19NO3/c1-10-4-5-11(2)12(8-10)9-16-13(17)15(6-7-15)14(18)19-3/h4-5,8H,6-7,9H2,1-3H3,(H,16,17). The van der Waals surface area contributed by atoms with Crippen LogP contribution in [0.5, 0.6) is 0 Å². The number of rotatable bonds is 4. The van der Waals surface area contributed by atoms with Crippen LogP contribution in [0.15, 0.2) is 18.2 Å². The van der Waals surface area contributed by atoms with Gasteiger partial charge in [0.1, 0.15) is 5.41 Å². The Balaban J connectivity index is 2.01. The van der Waals surface area contributed by atoms with E-state index in [1.54, 1.807) is 0 Å². The first-order valence-electron chi connectivity index (χ1n) is 6.42. The highest BCUT2D eigenvalue weighted by Gasteiger charge is 2.57. The highest BCUT2D eigenvalue weighted by atomic mass is 16.5. The van der Waals surface area contributed by atoms with Crippen LogP contribution in [0, 0.1) is 19.3 Å². The Hall–Kier alpha value is -1.84. The van der Waals surface area contributed by atoms with Crippen LogP contribution in [-0.2, 0) is 20.9 Å². The first-order valence-corrected chi connectivity index (χ1v) is 6.42. The van der Waals surface area contributed by atoms with Crippen molar-refractivity contribution in [1.82, 2.24) is 5.32 Å². The lowest BCUT2D eigenvalue weighted by atomic mass is 10.0. The fourth-order valence-corrected chi connectivity index (χ4v) is 2.18. The van der Waals surface area contributed by atoms with Gasteiger partial charge in [-0.1, -0.05) is 23.8 Å². The normalized spacial score (nSPS) is 15.7. The number of amides is 1. The molecule has 0 atom stereocenters. The van der Waals surface area contributed by atoms with Gasteiger partial charge in [-0.3, -0.25) is 9.59 Å². The minimum atomic E-state index is -0.924. The van der Waals surface area contributed by atoms with Crippen molar-refractivity contribution >= 4 is 11.9 Å². The topological polar surface area (TPSA) is 55.4 Å². The molecule has 0 spiro atoms. The van der Waals surface area contributed by atoms with Gasteiger partial charge in [-0.2, -0.15) is 0 Å². The highest BCUT2D eigenvalue weighted by molar-refractivity contribution is 6.05. The smallest absolute Gasteiger partial charge is 0.321 e. The molecule has 19 heavy (non-hydrogen) atoms. The Bertz CT molecular complexity index is 518. The predicted octanol–water partition coefficient (Wildman–Crippen LogP) is 1.87. The summed E-state index contributed by atoms with van der Waals surface area (Å²) in [6, 6.07) is 6.12. The molecule has 1 aromatic carbocycles. The van der Waals surface area contributed by atoms with E-state index in [-0.39, 0.29) is 5.91 Å². The van der Waals surface area contributed by atoms with E-state index >= 15 is 0 Å². The second-order valence-electron chi connectivity index (χ2n) is 5.19. The van der Waals surface area contributed by atoms with E-state index in [1.807, 2.05) is 32.0 Å². The molecule has 0 heterocycles. The summed E-state index contributed by atoms with van der Waals surface area (Å²) >= 11 is 0. The Morgan fingerprint density at radius 1 is 1.32 bits per heavy atom. The average Bonchev–Trinajstić information content (AvgIpc) is 3.20. The first kappa shape index (κ1) is 13.6. The van der Waals surface area contributed by atoms with Crippen molar-refractivity contribution in [2.45, 2.75) is 33.2 Å². The minimum absolute atomic E-state index is 0.222. The van der Waals surface area contributed by atoms with Gasteiger partial charge in [-0.25, -0.2) is 0 Å². The van der Waals surface area contributed by atoms with E-state index < -0.39 is 11.4 Å². The van der Waals surface area contributed by atoms with Crippen molar-refractivity contribution in [1.29, 1.82) is 0 Å². The third-order valence-electron chi connectivity index (χ3n) is 3.70. The Morgan fingerprint density at radius 3 is 2.58 bits per heavy atom. The SMILES string of the molecule is COC(=O)C1(C(=O)NCc2cc(C)ccc2C)CC1. The maximum Gasteiger partial charge on any atom is 0.321 e. The maximum absolute atomic E-state index is 12.1. The number of hydrogen-bond acceptors (Lipinski definition) is 3. The molecule has 1 saturated carbocycles. The Labute approximate surface area is 113 Å². The van der Waals surface area contributed by atoms with Crippen LogP contribution < -0.4 is 5.32 Å². The monoisotopic (exact) mass is 261 g/mol. The lowest BCUT2D eigenvalue weighted by Crippen LogP contribution is -2.37. The Morgan fingerprint density at radius 2 is 2.00 bits per heavy atom. The number of methoxy groups -OCH3 is 1. The second-order valence-corrected chi connectivity index (χ2v) is 5.19. The molecule has 1 amide bonds. The van der Waals surface area contributed by atoms with Gasteiger partial charge in [-0.15, -0.1) is 0 Å². The van der Waals surface area contributed by atoms with E-state index in [0.29, 0.717) is 19.4 Å². The zero-order valence-corrected chi connectivity index (χ0v) is 11.6. The van der Waals surface area contributed by atoms with Crippen molar-refractivity contribution in [3.8, 4) is 0 Å². The molecule has 4 heteroatoms. The summed E-state index contributed by atoms with van der Waals surface area (Å²) in [5.41, 5.74) is 2.44. The third kappa shape index (κ3) is 2.62. The predicted molar refractivity (Wildman–Crippen MR) is 71.4 cm³/mol. The lowest BCUT2D eigenvalue weighted by molar-refractivity contribution is -0.152. The van der Waals surface area contributed by atoms with Crippen LogP contribution in [0.25, 0.3) is 0 Å². The van der Waals surface area contributed by atoms with Crippen LogP contribution in [0.1, 0.15) is 29.5 Å². The largest absolute Gasteiger partial charge is 0.468 e. The molecule has 0 saturated heterocycles. The summed E-state index contributed by atoms with van der Waals surface area (Å²) < 4.78 is 4.69. The third-order valence-corrected chi connectivity index (χ3v) is 3.70. The van der Waals surface area contributed by atoms with E-state index in [9.17, 15) is 9.59 Å². The number of benzene rings is 1. The highest BCUT2D eigenvalue weighted by Crippen LogP contribution is 2.46. The van der Waals surface area contributed by atoms with Crippen molar-refractivity contribution in [2.24, 2.45) is 5.41 Å². The van der Waals surface area contributed by atoms with Gasteiger partial charge in [0.05, 0.1) is 7.11 Å². The minimum Gasteiger partial charge on any atom is -0.468 e. The van der Waals surface area contributed by atoms with Gasteiger partial charge in [0.2, 0.25) is 5.91 Å². The molecule has 0 bridgehead atoms. The zero-order valence-electron chi connectivity index (χ0n) is 11.6. The molecule has 4 nitrogen and oxygen atoms in total. The van der Waals surface area contributed by atoms with Gasteiger partial charge in [0.25, 0.3) is 0 Å². The molecule has 1 aliphatic rings. The van der Waals surface area contributed by atoms with E-state index in [1.165, 1.54) is 7.11 Å². The molecular weight excluding hydrogens is 242 g/mol. The first-order chi connectivity index (χ1) is 8.99. The van der Waals surface area contributed by atoms with Crippen LogP contribution >= 0.6 is 0 Å². The Kier molecular flexibility index (Phi) is 3.60. The van der Waals surface area contributed by atoms with Crippen molar-refractivity contribution < 1.29 is 14.3 Å². The number of ether oxygens (including phenoxy) is 1. The molecule has 0 aliphatic heterocycles. The summed E-state index contributed by atoms with van der Waals surface area (Å²) in [5, 5.41) is 2.85. The van der Waals surface area contributed by atoms with Crippen molar-refractivity contribution in [3.63, 3.8) is 0 Å². The molecule has 1 aromatic rings. The summed E-state index contributed by atoms with van der Waals surface area (Å²) in [6.45, 7) is 4.47. The van der Waals surface area contributed by atoms with Crippen molar-refractivity contribution in [3.05, 3.63) is 34.9 Å². The van der Waals surface area contributed by atoms with E-state index in [2.05, 4.69) is 5.32 Å². The van der Waals surface area contributed by atoms with Gasteiger partial charge in [-0.05, 0) is 37.8 Å². The van der Waals surface area contributed by atoms with Gasteiger partial charge in [0.15, 0.2) is 0 Å². The molecule has 0 unspecified atom stereocenters. The molecule has 1 fully saturated rings. The molecule has 2 rings (SSSR count). The molecule has 0 radical (unpaired) electrons. The molecule has 1 aliphatic carbocycles. The number of hydrogen-bond donors (Lipinski definition) is 1. The molecule has 0 aromatic heterocycles. The van der Waals surface area contributed by atoms with E-state index in [0.717, 1.165) is 16.7 Å². The second kappa shape index (κ2) is 5.03. The number of aryl methyl sites for hydroxylation is 2. The molecule has 102 valence electrons. The fraction of sp³-hybridized carbons (Fsp3) is 0.467. The fourth-order valence-electron chi connectivity index (χ4n) is 2.18. The average molecular weight is 261 g/mol. The van der Waals surface area contributed by atoms with Gasteiger partial charge < -0.3 is 10.1 Å². The summed E-state index contributed by atoms with van der Waals surface area (Å²) in [4.78, 5) is 23.7. The molecule has 1 N–H and O–H groups in total. The lowest BCUT2D eigenvalue weighted by Gasteiger charge is -2.14. The van der Waals surface area contributed by atoms with Crippen molar-refractivity contribution in [2.75, 3.05) is 7.11 Å². The number of nitrogens with one attached hydrogen (secondary N) is 1. The zero-order chi connectivity index (χ0) is 14.0. The number of carbonyl (C=O) groups excluding carboxylic acids is 2. The van der Waals surface area contributed by atoms with Crippen LogP contribution in [0.2, 0.25) is 0 Å².